The summed E-state index contributed by atoms with van der Waals surface area (Å²) in [7, 11) is 0. The number of fused-ring (bicyclic) bond motifs is 4. The van der Waals surface area contributed by atoms with Crippen molar-refractivity contribution in [2.75, 3.05) is 0 Å². The topological polar surface area (TPSA) is 60.2 Å². The highest BCUT2D eigenvalue weighted by atomic mass is 16.5. The number of pyridine rings is 2. The van der Waals surface area contributed by atoms with Gasteiger partial charge in [0.15, 0.2) is 0 Å². The van der Waals surface area contributed by atoms with Crippen LogP contribution in [-0.2, 0) is 5.41 Å². The summed E-state index contributed by atoms with van der Waals surface area (Å²) in [6.45, 7) is 13.0. The van der Waals surface area contributed by atoms with Gasteiger partial charge in [0.05, 0.1) is 11.0 Å². The molecule has 3 aromatic heterocycles. The minimum atomic E-state index is -0.0338. The van der Waals surface area contributed by atoms with E-state index in [1.54, 1.807) is 6.07 Å². The van der Waals surface area contributed by atoms with Gasteiger partial charge in [-0.3, -0.25) is 4.57 Å². The highest BCUT2D eigenvalue weighted by Crippen LogP contribution is 2.42. The molecule has 4 aromatic carbocycles. The first-order valence-corrected chi connectivity index (χ1v) is 15.5. The summed E-state index contributed by atoms with van der Waals surface area (Å²) < 4.78 is 8.77. The predicted octanol–water partition coefficient (Wildman–Crippen LogP) is 10.6. The third-order valence-electron chi connectivity index (χ3n) is 8.52. The fourth-order valence-electron chi connectivity index (χ4n) is 6.15. The Morgan fingerprint density at radius 1 is 0.778 bits per heavy atom. The number of aromatic nitrogens is 3. The second-order valence-electron chi connectivity index (χ2n) is 13.2. The lowest BCUT2D eigenvalue weighted by molar-refractivity contribution is 0.460. The summed E-state index contributed by atoms with van der Waals surface area (Å²) in [4.78, 5) is 9.79. The van der Waals surface area contributed by atoms with Crippen molar-refractivity contribution in [3.63, 3.8) is 0 Å². The maximum atomic E-state index is 10.8. The number of ether oxygens (including phenoxy) is 1. The molecule has 0 spiro atoms. The third-order valence-corrected chi connectivity index (χ3v) is 8.52. The first kappa shape index (κ1) is 28.6. The van der Waals surface area contributed by atoms with Crippen molar-refractivity contribution < 1.29 is 9.84 Å². The molecule has 0 atom stereocenters. The smallest absolute Gasteiger partial charge is 0.219 e. The van der Waals surface area contributed by atoms with Crippen LogP contribution in [0.4, 0.5) is 0 Å². The van der Waals surface area contributed by atoms with E-state index in [0.29, 0.717) is 23.1 Å². The lowest BCUT2D eigenvalue weighted by Crippen LogP contribution is -2.13. The van der Waals surface area contributed by atoms with Crippen molar-refractivity contribution in [3.8, 4) is 34.3 Å². The fraction of sp³-hybridized carbons (Fsp3) is 0.200. The normalized spacial score (nSPS) is 12.1. The summed E-state index contributed by atoms with van der Waals surface area (Å²) >= 11 is 0. The van der Waals surface area contributed by atoms with E-state index in [2.05, 4.69) is 125 Å². The minimum Gasteiger partial charge on any atom is -0.506 e. The van der Waals surface area contributed by atoms with Crippen molar-refractivity contribution in [1.29, 1.82) is 0 Å². The molecule has 7 aromatic rings. The van der Waals surface area contributed by atoms with Crippen LogP contribution in [0.1, 0.15) is 57.4 Å². The summed E-state index contributed by atoms with van der Waals surface area (Å²) in [5.41, 5.74) is 7.99. The van der Waals surface area contributed by atoms with E-state index in [9.17, 15) is 5.11 Å². The van der Waals surface area contributed by atoms with E-state index >= 15 is 0 Å². The predicted molar refractivity (Wildman–Crippen MR) is 185 cm³/mol. The maximum absolute atomic E-state index is 10.8. The Morgan fingerprint density at radius 2 is 1.53 bits per heavy atom. The van der Waals surface area contributed by atoms with E-state index in [4.69, 9.17) is 14.7 Å². The zero-order chi connectivity index (χ0) is 31.5. The van der Waals surface area contributed by atoms with Crippen molar-refractivity contribution >= 4 is 32.7 Å². The van der Waals surface area contributed by atoms with Gasteiger partial charge in [0.25, 0.3) is 0 Å². The van der Waals surface area contributed by atoms with E-state index < -0.39 is 0 Å². The van der Waals surface area contributed by atoms with Crippen LogP contribution < -0.4 is 4.74 Å². The molecule has 1 N–H and O–H groups in total. The number of rotatable bonds is 5. The van der Waals surface area contributed by atoms with Gasteiger partial charge in [-0.2, -0.15) is 0 Å². The Balaban J connectivity index is 1.48. The van der Waals surface area contributed by atoms with Gasteiger partial charge in [0.2, 0.25) is 5.88 Å². The molecule has 0 saturated carbocycles. The molecule has 0 amide bonds. The summed E-state index contributed by atoms with van der Waals surface area (Å²) in [5, 5.41) is 14.0. The van der Waals surface area contributed by atoms with Crippen LogP contribution in [0.2, 0.25) is 0 Å². The molecule has 0 aliphatic heterocycles. The average molecular weight is 592 g/mol. The maximum Gasteiger partial charge on any atom is 0.219 e. The Bertz CT molecular complexity index is 2220. The molecule has 7 rings (SSSR count). The second-order valence-corrected chi connectivity index (χ2v) is 13.2. The van der Waals surface area contributed by atoms with Gasteiger partial charge in [-0.1, -0.05) is 83.1 Å². The van der Waals surface area contributed by atoms with Crippen LogP contribution in [-0.4, -0.2) is 19.6 Å². The molecule has 0 bridgehead atoms. The first-order valence-electron chi connectivity index (χ1n) is 15.5. The van der Waals surface area contributed by atoms with Crippen molar-refractivity contribution in [2.45, 2.75) is 52.9 Å². The molecule has 0 unspecified atom stereocenters. The van der Waals surface area contributed by atoms with Gasteiger partial charge in [0.1, 0.15) is 22.8 Å². The van der Waals surface area contributed by atoms with Crippen LogP contribution in [0.5, 0.6) is 17.4 Å². The fourth-order valence-corrected chi connectivity index (χ4v) is 6.15. The van der Waals surface area contributed by atoms with Crippen LogP contribution >= 0.6 is 0 Å². The number of aromatic hydroxyl groups is 1. The molecule has 3 heterocycles. The number of hydrogen-bond acceptors (Lipinski definition) is 4. The van der Waals surface area contributed by atoms with E-state index in [1.165, 1.54) is 5.56 Å². The lowest BCUT2D eigenvalue weighted by Gasteiger charge is -2.21. The van der Waals surface area contributed by atoms with Crippen LogP contribution in [0.15, 0.2) is 103 Å². The van der Waals surface area contributed by atoms with Gasteiger partial charge in [-0.25, -0.2) is 9.97 Å². The molecule has 0 saturated heterocycles. The zero-order valence-electron chi connectivity index (χ0n) is 26.6. The molecular formula is C40H37N3O2. The molecule has 0 fully saturated rings. The third kappa shape index (κ3) is 5.18. The largest absolute Gasteiger partial charge is 0.506 e. The Kier molecular flexibility index (Phi) is 6.85. The Morgan fingerprint density at radius 3 is 2.29 bits per heavy atom. The van der Waals surface area contributed by atoms with E-state index in [1.807, 2.05) is 18.2 Å². The van der Waals surface area contributed by atoms with Crippen molar-refractivity contribution in [2.24, 2.45) is 0 Å². The van der Waals surface area contributed by atoms with Crippen molar-refractivity contribution in [3.05, 3.63) is 120 Å². The number of hydrogen-bond donors (Lipinski definition) is 1. The molecule has 45 heavy (non-hydrogen) atoms. The zero-order valence-corrected chi connectivity index (χ0v) is 26.6. The number of aryl methyl sites for hydroxylation is 1. The van der Waals surface area contributed by atoms with E-state index in [-0.39, 0.29) is 11.2 Å². The monoisotopic (exact) mass is 591 g/mol. The minimum absolute atomic E-state index is 0.0338. The molecule has 0 aliphatic rings. The van der Waals surface area contributed by atoms with Crippen LogP contribution in [0.3, 0.4) is 0 Å². The standard InChI is InChI=1S/C40H37N3O2/c1-24(2)28-19-27-16-17-37(42-39(27)35(44)20-28)45-30-22-32(26-12-8-7-9-13-26)38-31-14-10-11-15-33(31)43(34(38)23-30)36-21-29(40(4,5)6)18-25(3)41-36/h7-24,44H,1-6H3. The molecule has 5 nitrogen and oxygen atoms in total. The van der Waals surface area contributed by atoms with Gasteiger partial charge in [-0.15, -0.1) is 0 Å². The summed E-state index contributed by atoms with van der Waals surface area (Å²) in [6, 6.07) is 35.2. The second kappa shape index (κ2) is 10.8. The highest BCUT2D eigenvalue weighted by Gasteiger charge is 2.22. The quantitative estimate of drug-likeness (QED) is 0.216. The summed E-state index contributed by atoms with van der Waals surface area (Å²) in [6.07, 6.45) is 0. The van der Waals surface area contributed by atoms with Gasteiger partial charge >= 0.3 is 0 Å². The molecular weight excluding hydrogens is 554 g/mol. The average Bonchev–Trinajstić information content (AvgIpc) is 3.34. The number of benzene rings is 4. The Hall–Kier alpha value is -5.16. The van der Waals surface area contributed by atoms with Gasteiger partial charge in [-0.05, 0) is 83.0 Å². The van der Waals surface area contributed by atoms with Crippen molar-refractivity contribution in [1.82, 2.24) is 14.5 Å². The molecule has 0 radical (unpaired) electrons. The van der Waals surface area contributed by atoms with Crippen LogP contribution in [0, 0.1) is 6.92 Å². The summed E-state index contributed by atoms with van der Waals surface area (Å²) in [5.74, 6) is 2.40. The van der Waals surface area contributed by atoms with Gasteiger partial charge in [0, 0.05) is 34.0 Å². The van der Waals surface area contributed by atoms with E-state index in [0.717, 1.165) is 55.4 Å². The number of phenols is 1. The molecule has 0 aliphatic carbocycles. The Labute approximate surface area is 263 Å². The SMILES string of the molecule is Cc1cc(C(C)(C)C)cc(-n2c3ccccc3c3c(-c4ccccc4)cc(Oc4ccc5cc(C(C)C)cc(O)c5n4)cc32)n1. The lowest BCUT2D eigenvalue weighted by atomic mass is 9.87. The number of nitrogens with zero attached hydrogens (tertiary/aromatic N) is 3. The number of phenolic OH excluding ortho intramolecular Hbond substituents is 1. The molecule has 224 valence electrons. The van der Waals surface area contributed by atoms with Gasteiger partial charge < -0.3 is 9.84 Å². The molecule has 5 heteroatoms. The highest BCUT2D eigenvalue weighted by molar-refractivity contribution is 6.16. The first-order chi connectivity index (χ1) is 21.6. The number of para-hydroxylation sites is 1. The van der Waals surface area contributed by atoms with Crippen LogP contribution in [0.25, 0.3) is 49.7 Å².